The van der Waals surface area contributed by atoms with Crippen molar-refractivity contribution in [3.8, 4) is 0 Å². The van der Waals surface area contributed by atoms with Gasteiger partial charge < -0.3 is 4.74 Å². The highest BCUT2D eigenvalue weighted by Gasteiger charge is 2.24. The second kappa shape index (κ2) is 7.56. The molecule has 0 aliphatic rings. The molecule has 0 aliphatic carbocycles. The van der Waals surface area contributed by atoms with Crippen LogP contribution in [0.1, 0.15) is 37.0 Å². The van der Waals surface area contributed by atoms with Crippen LogP contribution >= 0.6 is 26.6 Å². The Balaban J connectivity index is 2.93. The van der Waals surface area contributed by atoms with E-state index in [9.17, 15) is 17.6 Å². The van der Waals surface area contributed by atoms with Crippen molar-refractivity contribution >= 4 is 41.6 Å². The number of benzene rings is 1. The van der Waals surface area contributed by atoms with Crippen LogP contribution in [-0.4, -0.2) is 21.0 Å². The first-order chi connectivity index (χ1) is 9.62. The van der Waals surface area contributed by atoms with Gasteiger partial charge >= 0.3 is 5.97 Å². The predicted molar refractivity (Wildman–Crippen MR) is 81.5 cm³/mol. The Morgan fingerprint density at radius 3 is 2.57 bits per heavy atom. The minimum Gasteiger partial charge on any atom is -0.462 e. The van der Waals surface area contributed by atoms with Gasteiger partial charge in [-0.1, -0.05) is 29.8 Å². The van der Waals surface area contributed by atoms with Crippen LogP contribution in [0.15, 0.2) is 21.5 Å². The quantitative estimate of drug-likeness (QED) is 0.409. The van der Waals surface area contributed by atoms with Gasteiger partial charge in [-0.15, -0.1) is 0 Å². The molecule has 0 radical (unpaired) electrons. The van der Waals surface area contributed by atoms with Crippen LogP contribution in [0.3, 0.4) is 0 Å². The van der Waals surface area contributed by atoms with Crippen molar-refractivity contribution in [1.29, 1.82) is 0 Å². The van der Waals surface area contributed by atoms with E-state index in [-0.39, 0.29) is 11.1 Å². The summed E-state index contributed by atoms with van der Waals surface area (Å²) < 4.78 is 41.8. The third-order valence-electron chi connectivity index (χ3n) is 2.65. The molecular formula is C13H15BrClFO4S. The topological polar surface area (TPSA) is 60.4 Å². The van der Waals surface area contributed by atoms with E-state index in [4.69, 9.17) is 15.4 Å². The average molecular weight is 402 g/mol. The number of ether oxygens (including phenoxy) is 1. The van der Waals surface area contributed by atoms with Crippen LogP contribution in [0.4, 0.5) is 4.39 Å². The van der Waals surface area contributed by atoms with Crippen LogP contribution < -0.4 is 0 Å². The van der Waals surface area contributed by atoms with Crippen LogP contribution in [0.2, 0.25) is 0 Å². The molecule has 1 aromatic carbocycles. The summed E-state index contributed by atoms with van der Waals surface area (Å²) in [5.74, 6) is -1.65. The highest BCUT2D eigenvalue weighted by Crippen LogP contribution is 2.27. The van der Waals surface area contributed by atoms with Gasteiger partial charge in [-0.25, -0.2) is 17.6 Å². The molecule has 0 bridgehead atoms. The molecule has 0 atom stereocenters. The lowest BCUT2D eigenvalue weighted by molar-refractivity contribution is 0.0488. The van der Waals surface area contributed by atoms with E-state index >= 15 is 0 Å². The lowest BCUT2D eigenvalue weighted by atomic mass is 10.1. The fourth-order valence-electron chi connectivity index (χ4n) is 1.62. The summed E-state index contributed by atoms with van der Waals surface area (Å²) in [4.78, 5) is 11.1. The Hall–Kier alpha value is -0.660. The van der Waals surface area contributed by atoms with Gasteiger partial charge in [0, 0.05) is 15.2 Å². The zero-order valence-electron chi connectivity index (χ0n) is 11.5. The van der Waals surface area contributed by atoms with Gasteiger partial charge in [0.2, 0.25) is 0 Å². The maximum Gasteiger partial charge on any atom is 0.341 e. The summed E-state index contributed by atoms with van der Waals surface area (Å²) in [5.41, 5.74) is -0.465. The van der Waals surface area contributed by atoms with Gasteiger partial charge in [-0.2, -0.15) is 0 Å². The first-order valence-corrected chi connectivity index (χ1v) is 9.34. The summed E-state index contributed by atoms with van der Waals surface area (Å²) in [6.45, 7) is 4.22. The van der Waals surface area contributed by atoms with Crippen molar-refractivity contribution in [2.24, 2.45) is 5.92 Å². The molecular weight excluding hydrogens is 387 g/mol. The van der Waals surface area contributed by atoms with Gasteiger partial charge in [0.05, 0.1) is 12.2 Å². The standard InChI is InChI=1S/C13H15BrClFO4S/c1-8(2)4-3-5-20-13(17)10-6-9(14)7-11(12(10)16)21(15,18)19/h6-8H,3-5H2,1-2H3. The van der Waals surface area contributed by atoms with Gasteiger partial charge in [0.25, 0.3) is 9.05 Å². The Kier molecular flexibility index (Phi) is 6.62. The minimum absolute atomic E-state index is 0.145. The Labute approximate surface area is 136 Å². The molecule has 8 heteroatoms. The van der Waals surface area contributed by atoms with Crippen LogP contribution in [0, 0.1) is 11.7 Å². The average Bonchev–Trinajstić information content (AvgIpc) is 2.35. The second-order valence-corrected chi connectivity index (χ2v) is 8.33. The van der Waals surface area contributed by atoms with Crippen LogP contribution in [0.25, 0.3) is 0 Å². The smallest absolute Gasteiger partial charge is 0.341 e. The number of carbonyl (C=O) groups excluding carboxylic acids is 1. The first kappa shape index (κ1) is 18.4. The lowest BCUT2D eigenvalue weighted by Gasteiger charge is -2.09. The number of esters is 1. The van der Waals surface area contributed by atoms with Gasteiger partial charge in [-0.05, 0) is 30.9 Å². The summed E-state index contributed by atoms with van der Waals surface area (Å²) in [7, 11) is 0.844. The van der Waals surface area contributed by atoms with Gasteiger partial charge in [-0.3, -0.25) is 0 Å². The van der Waals surface area contributed by atoms with E-state index in [0.29, 0.717) is 12.3 Å². The fourth-order valence-corrected chi connectivity index (χ4v) is 3.16. The summed E-state index contributed by atoms with van der Waals surface area (Å²) in [5, 5.41) is 0. The second-order valence-electron chi connectivity index (χ2n) is 4.88. The van der Waals surface area contributed by atoms with E-state index in [1.165, 1.54) is 0 Å². The first-order valence-electron chi connectivity index (χ1n) is 6.23. The number of halogens is 3. The predicted octanol–water partition coefficient (Wildman–Crippen LogP) is 4.11. The minimum atomic E-state index is -4.29. The summed E-state index contributed by atoms with van der Waals surface area (Å²) in [6, 6.07) is 2.15. The number of hydrogen-bond donors (Lipinski definition) is 0. The molecule has 1 rings (SSSR count). The molecule has 0 aliphatic heterocycles. The number of rotatable bonds is 6. The maximum atomic E-state index is 14.1. The molecule has 0 unspecified atom stereocenters. The van der Waals surface area contributed by atoms with E-state index in [1.807, 2.05) is 13.8 Å². The molecule has 0 aromatic heterocycles. The van der Waals surface area contributed by atoms with Crippen molar-refractivity contribution in [3.63, 3.8) is 0 Å². The molecule has 4 nitrogen and oxygen atoms in total. The zero-order chi connectivity index (χ0) is 16.2. The molecule has 118 valence electrons. The molecule has 0 saturated carbocycles. The summed E-state index contributed by atoms with van der Waals surface area (Å²) in [6.07, 6.45) is 1.52. The molecule has 21 heavy (non-hydrogen) atoms. The lowest BCUT2D eigenvalue weighted by Crippen LogP contribution is -2.11. The van der Waals surface area contributed by atoms with Crippen molar-refractivity contribution in [2.75, 3.05) is 6.61 Å². The zero-order valence-corrected chi connectivity index (χ0v) is 14.7. The van der Waals surface area contributed by atoms with E-state index in [0.717, 1.165) is 18.6 Å². The largest absolute Gasteiger partial charge is 0.462 e. The van der Waals surface area contributed by atoms with Crippen LogP contribution in [0.5, 0.6) is 0 Å². The molecule has 0 N–H and O–H groups in total. The summed E-state index contributed by atoms with van der Waals surface area (Å²) >= 11 is 3.01. The third-order valence-corrected chi connectivity index (χ3v) is 4.42. The van der Waals surface area contributed by atoms with Gasteiger partial charge in [0.1, 0.15) is 4.90 Å². The monoisotopic (exact) mass is 400 g/mol. The van der Waals surface area contributed by atoms with E-state index < -0.39 is 31.3 Å². The molecule has 0 amide bonds. The Morgan fingerprint density at radius 2 is 2.05 bits per heavy atom. The van der Waals surface area contributed by atoms with Crippen molar-refractivity contribution < 1.29 is 22.3 Å². The Bertz CT molecular complexity index is 631. The molecule has 0 saturated heterocycles. The van der Waals surface area contributed by atoms with Crippen molar-refractivity contribution in [3.05, 3.63) is 28.0 Å². The van der Waals surface area contributed by atoms with E-state index in [1.54, 1.807) is 0 Å². The molecule has 0 fully saturated rings. The third kappa shape index (κ3) is 5.56. The van der Waals surface area contributed by atoms with Crippen molar-refractivity contribution in [2.45, 2.75) is 31.6 Å². The number of carbonyl (C=O) groups is 1. The number of hydrogen-bond acceptors (Lipinski definition) is 4. The molecule has 0 heterocycles. The SMILES string of the molecule is CC(C)CCCOC(=O)c1cc(Br)cc(S(=O)(=O)Cl)c1F. The maximum absolute atomic E-state index is 14.1. The van der Waals surface area contributed by atoms with Crippen LogP contribution in [-0.2, 0) is 13.8 Å². The Morgan fingerprint density at radius 1 is 1.43 bits per heavy atom. The van der Waals surface area contributed by atoms with E-state index in [2.05, 4.69) is 15.9 Å². The normalized spacial score (nSPS) is 11.7. The highest BCUT2D eigenvalue weighted by atomic mass is 79.9. The highest BCUT2D eigenvalue weighted by molar-refractivity contribution is 9.10. The van der Waals surface area contributed by atoms with Gasteiger partial charge in [0.15, 0.2) is 5.82 Å². The van der Waals surface area contributed by atoms with Crippen molar-refractivity contribution in [1.82, 2.24) is 0 Å². The fraction of sp³-hybridized carbons (Fsp3) is 0.462. The molecule has 1 aromatic rings. The molecule has 0 spiro atoms.